The van der Waals surface area contributed by atoms with Crippen molar-refractivity contribution in [3.05, 3.63) is 0 Å². The monoisotopic (exact) mass is 345 g/mol. The van der Waals surface area contributed by atoms with E-state index < -0.39 is 29.1 Å². The zero-order chi connectivity index (χ0) is 17.0. The number of aliphatic hydroxyl groups is 1. The summed E-state index contributed by atoms with van der Waals surface area (Å²) in [6.45, 7) is 5.68. The summed E-state index contributed by atoms with van der Waals surface area (Å²) < 4.78 is 10.9. The molecule has 3 heterocycles. The maximum absolute atomic E-state index is 12.4. The van der Waals surface area contributed by atoms with E-state index in [-0.39, 0.29) is 24.0 Å². The van der Waals surface area contributed by atoms with E-state index >= 15 is 0 Å². The maximum atomic E-state index is 12.4. The minimum absolute atomic E-state index is 0.0655. The molecule has 3 aliphatic heterocycles. The summed E-state index contributed by atoms with van der Waals surface area (Å²) in [5, 5.41) is 13.8. The lowest BCUT2D eigenvalue weighted by molar-refractivity contribution is -0.240. The molecule has 23 heavy (non-hydrogen) atoms. The number of carbonyl (C=O) groups excluding carboxylic acids is 2. The van der Waals surface area contributed by atoms with Gasteiger partial charge in [-0.2, -0.15) is 0 Å². The molecular formula is C16H24ClNO5. The Kier molecular flexibility index (Phi) is 4.14. The van der Waals surface area contributed by atoms with Crippen LogP contribution in [0, 0.1) is 11.8 Å². The fraction of sp³-hybridized carbons (Fsp3) is 0.875. The smallest absolute Gasteiger partial charge is 0.339 e. The predicted molar refractivity (Wildman–Crippen MR) is 82.9 cm³/mol. The van der Waals surface area contributed by atoms with Crippen molar-refractivity contribution in [2.24, 2.45) is 11.8 Å². The highest BCUT2D eigenvalue weighted by molar-refractivity contribution is 6.18. The number of hydrogen-bond donors (Lipinski definition) is 2. The Bertz CT molecular complexity index is 529. The molecule has 0 radical (unpaired) electrons. The summed E-state index contributed by atoms with van der Waals surface area (Å²) in [6, 6.07) is 0. The number of aliphatic hydroxyl groups excluding tert-OH is 1. The lowest BCUT2D eigenvalue weighted by atomic mass is 9.64. The molecule has 7 heteroatoms. The molecule has 2 unspecified atom stereocenters. The topological polar surface area (TPSA) is 88.2 Å². The molecular weight excluding hydrogens is 322 g/mol. The highest BCUT2D eigenvalue weighted by Crippen LogP contribution is 2.54. The van der Waals surface area contributed by atoms with E-state index in [0.29, 0.717) is 12.3 Å². The predicted octanol–water partition coefficient (Wildman–Crippen LogP) is 0.980. The van der Waals surface area contributed by atoms with Crippen LogP contribution < -0.4 is 5.32 Å². The highest BCUT2D eigenvalue weighted by Gasteiger charge is 2.80. The third-order valence-electron chi connectivity index (χ3n) is 5.76. The van der Waals surface area contributed by atoms with E-state index in [1.54, 1.807) is 6.92 Å². The first-order valence-corrected chi connectivity index (χ1v) is 8.81. The Morgan fingerprint density at radius 2 is 2.09 bits per heavy atom. The number of halogens is 1. The van der Waals surface area contributed by atoms with Gasteiger partial charge in [0, 0.05) is 11.8 Å². The van der Waals surface area contributed by atoms with Gasteiger partial charge in [0.15, 0.2) is 5.60 Å². The van der Waals surface area contributed by atoms with Crippen molar-refractivity contribution in [1.82, 2.24) is 5.32 Å². The fourth-order valence-corrected chi connectivity index (χ4v) is 4.59. The molecule has 3 rings (SSSR count). The van der Waals surface area contributed by atoms with Gasteiger partial charge in [-0.1, -0.05) is 13.3 Å². The number of nitrogens with one attached hydrogen (secondary N) is 1. The third kappa shape index (κ3) is 2.14. The van der Waals surface area contributed by atoms with Crippen LogP contribution in [-0.2, 0) is 19.1 Å². The summed E-state index contributed by atoms with van der Waals surface area (Å²) >= 11 is 5.80. The first kappa shape index (κ1) is 17.0. The zero-order valence-electron chi connectivity index (χ0n) is 13.7. The van der Waals surface area contributed by atoms with Gasteiger partial charge in [0.05, 0.1) is 24.2 Å². The van der Waals surface area contributed by atoms with Crippen LogP contribution in [0.3, 0.4) is 0 Å². The second-order valence-corrected chi connectivity index (χ2v) is 7.41. The van der Waals surface area contributed by atoms with Crippen LogP contribution in [0.5, 0.6) is 0 Å². The second kappa shape index (κ2) is 5.60. The van der Waals surface area contributed by atoms with Gasteiger partial charge in [0.25, 0.3) is 0 Å². The van der Waals surface area contributed by atoms with Crippen molar-refractivity contribution in [3.8, 4) is 0 Å². The van der Waals surface area contributed by atoms with E-state index in [9.17, 15) is 14.7 Å². The van der Waals surface area contributed by atoms with Gasteiger partial charge in [-0.3, -0.25) is 4.79 Å². The fourth-order valence-electron chi connectivity index (χ4n) is 4.37. The van der Waals surface area contributed by atoms with Crippen molar-refractivity contribution in [2.75, 3.05) is 5.88 Å². The summed E-state index contributed by atoms with van der Waals surface area (Å²) in [5.41, 5.74) is -2.44. The van der Waals surface area contributed by atoms with Crippen LogP contribution in [-0.4, -0.2) is 52.3 Å². The van der Waals surface area contributed by atoms with Crippen molar-refractivity contribution in [2.45, 2.75) is 69.5 Å². The number of alkyl halides is 1. The molecule has 0 bridgehead atoms. The molecule has 7 atom stereocenters. The van der Waals surface area contributed by atoms with E-state index in [1.165, 1.54) is 0 Å². The second-order valence-electron chi connectivity index (χ2n) is 7.03. The number of fused-ring (bicyclic) bond motifs is 1. The number of rotatable bonds is 7. The zero-order valence-corrected chi connectivity index (χ0v) is 14.4. The highest BCUT2D eigenvalue weighted by atomic mass is 35.5. The maximum Gasteiger partial charge on any atom is 0.339 e. The average Bonchev–Trinajstić information content (AvgIpc) is 3.18. The number of carbonyl (C=O) groups is 2. The number of amides is 1. The Hall–Kier alpha value is -0.850. The SMILES string of the molecule is CCC[C@@H](C1OC1C)[C@H](O)[C@@]12NC(=O)[C@H](CCCl)[C@]1(C)OC2=O. The van der Waals surface area contributed by atoms with Crippen LogP contribution in [0.4, 0.5) is 0 Å². The lowest BCUT2D eigenvalue weighted by Gasteiger charge is -2.54. The van der Waals surface area contributed by atoms with Crippen molar-refractivity contribution in [1.29, 1.82) is 0 Å². The molecule has 3 aliphatic rings. The van der Waals surface area contributed by atoms with Gasteiger partial charge in [-0.05, 0) is 26.7 Å². The Morgan fingerprint density at radius 3 is 2.57 bits per heavy atom. The minimum Gasteiger partial charge on any atom is -0.453 e. The lowest BCUT2D eigenvalue weighted by Crippen LogP contribution is -2.80. The van der Waals surface area contributed by atoms with Gasteiger partial charge in [0.1, 0.15) is 0 Å². The van der Waals surface area contributed by atoms with Crippen LogP contribution in [0.25, 0.3) is 0 Å². The molecule has 0 spiro atoms. The van der Waals surface area contributed by atoms with E-state index in [1.807, 2.05) is 13.8 Å². The van der Waals surface area contributed by atoms with E-state index in [4.69, 9.17) is 21.1 Å². The summed E-state index contributed by atoms with van der Waals surface area (Å²) in [5.74, 6) is -1.30. The quantitative estimate of drug-likeness (QED) is 0.408. The molecule has 3 fully saturated rings. The minimum atomic E-state index is -1.38. The Labute approximate surface area is 140 Å². The first-order chi connectivity index (χ1) is 10.8. The molecule has 6 nitrogen and oxygen atoms in total. The van der Waals surface area contributed by atoms with Crippen LogP contribution in [0.2, 0.25) is 0 Å². The van der Waals surface area contributed by atoms with Gasteiger partial charge in [0.2, 0.25) is 11.4 Å². The summed E-state index contributed by atoms with van der Waals surface area (Å²) in [4.78, 5) is 24.7. The normalized spacial score (nSPS) is 44.0. The van der Waals surface area contributed by atoms with Gasteiger partial charge in [-0.25, -0.2) is 4.79 Å². The largest absolute Gasteiger partial charge is 0.453 e. The van der Waals surface area contributed by atoms with Crippen LogP contribution in [0.15, 0.2) is 0 Å². The third-order valence-corrected chi connectivity index (χ3v) is 5.98. The van der Waals surface area contributed by atoms with E-state index in [2.05, 4.69) is 5.32 Å². The Morgan fingerprint density at radius 1 is 1.43 bits per heavy atom. The molecule has 3 saturated heterocycles. The van der Waals surface area contributed by atoms with Gasteiger partial charge < -0.3 is 19.9 Å². The first-order valence-electron chi connectivity index (χ1n) is 8.28. The molecule has 0 saturated carbocycles. The number of hydrogen-bond acceptors (Lipinski definition) is 5. The van der Waals surface area contributed by atoms with Gasteiger partial charge in [-0.15, -0.1) is 11.6 Å². The number of esters is 1. The number of epoxide rings is 1. The van der Waals surface area contributed by atoms with Crippen molar-refractivity contribution >= 4 is 23.5 Å². The van der Waals surface area contributed by atoms with Crippen molar-refractivity contribution < 1.29 is 24.2 Å². The van der Waals surface area contributed by atoms with Gasteiger partial charge >= 0.3 is 5.97 Å². The summed E-state index contributed by atoms with van der Waals surface area (Å²) in [7, 11) is 0. The molecule has 1 amide bonds. The Balaban J connectivity index is 1.92. The summed E-state index contributed by atoms with van der Waals surface area (Å²) in [6.07, 6.45) is 0.928. The average molecular weight is 346 g/mol. The standard InChI is InChI=1S/C16H24ClNO5/c1-4-5-9(11-8(2)22-11)12(19)16-14(21)23-15(16,3)10(6-7-17)13(20)18-16/h8-12,19H,4-7H2,1-3H3,(H,18,20)/t8?,9-,10-,11?,12-,15-,16-/m0/s1. The molecule has 130 valence electrons. The molecule has 0 aromatic carbocycles. The molecule has 0 aromatic heterocycles. The van der Waals surface area contributed by atoms with E-state index in [0.717, 1.165) is 12.8 Å². The number of ether oxygens (including phenoxy) is 2. The van der Waals surface area contributed by atoms with Crippen LogP contribution in [0.1, 0.15) is 40.0 Å². The van der Waals surface area contributed by atoms with Crippen molar-refractivity contribution in [3.63, 3.8) is 0 Å². The molecule has 0 aromatic rings. The molecule has 2 N–H and O–H groups in total. The molecule has 0 aliphatic carbocycles. The van der Waals surface area contributed by atoms with Crippen LogP contribution >= 0.6 is 11.6 Å².